The van der Waals surface area contributed by atoms with E-state index in [1.54, 1.807) is 11.3 Å². The lowest BCUT2D eigenvalue weighted by Crippen LogP contribution is -2.26. The van der Waals surface area contributed by atoms with E-state index in [0.29, 0.717) is 6.04 Å². The summed E-state index contributed by atoms with van der Waals surface area (Å²) in [4.78, 5) is 0. The van der Waals surface area contributed by atoms with Crippen LogP contribution >= 0.6 is 23.1 Å². The second-order valence-electron chi connectivity index (χ2n) is 3.80. The summed E-state index contributed by atoms with van der Waals surface area (Å²) in [6.45, 7) is 4.23. The van der Waals surface area contributed by atoms with E-state index in [4.69, 9.17) is 0 Å². The molecule has 1 aliphatic rings. The topological polar surface area (TPSA) is 37.8 Å². The van der Waals surface area contributed by atoms with E-state index in [-0.39, 0.29) is 0 Å². The molecule has 0 unspecified atom stereocenters. The lowest BCUT2D eigenvalue weighted by Gasteiger charge is -2.19. The fourth-order valence-electron chi connectivity index (χ4n) is 2.02. The first kappa shape index (κ1) is 11.2. The molecule has 0 bridgehead atoms. The van der Waals surface area contributed by atoms with Crippen LogP contribution in [0.3, 0.4) is 0 Å². The summed E-state index contributed by atoms with van der Waals surface area (Å²) in [6, 6.07) is 0.599. The first-order valence-electron chi connectivity index (χ1n) is 5.48. The van der Waals surface area contributed by atoms with Crippen molar-refractivity contribution in [3.63, 3.8) is 0 Å². The van der Waals surface area contributed by atoms with Gasteiger partial charge in [0, 0.05) is 11.3 Å². The molecule has 0 spiro atoms. The van der Waals surface area contributed by atoms with Gasteiger partial charge in [0.05, 0.1) is 0 Å². The van der Waals surface area contributed by atoms with Gasteiger partial charge in [-0.3, -0.25) is 0 Å². The highest BCUT2D eigenvalue weighted by Gasteiger charge is 2.27. The zero-order valence-corrected chi connectivity index (χ0v) is 10.8. The Morgan fingerprint density at radius 3 is 3.00 bits per heavy atom. The van der Waals surface area contributed by atoms with Crippen molar-refractivity contribution in [3.05, 3.63) is 5.01 Å². The van der Waals surface area contributed by atoms with Crippen molar-refractivity contribution in [3.8, 4) is 0 Å². The number of thioether (sulfide) groups is 1. The Bertz CT molecular complexity index is 313. The van der Waals surface area contributed by atoms with Crippen molar-refractivity contribution in [1.82, 2.24) is 10.2 Å². The SMILES string of the molecule is CCS[C@H]1CCC[C@H]1Nc1nnc(C)s1. The molecule has 1 aliphatic carbocycles. The molecule has 1 fully saturated rings. The number of aromatic nitrogens is 2. The Morgan fingerprint density at radius 1 is 1.47 bits per heavy atom. The number of rotatable bonds is 4. The number of aryl methyl sites for hydroxylation is 1. The van der Waals surface area contributed by atoms with E-state index in [2.05, 4.69) is 34.2 Å². The van der Waals surface area contributed by atoms with Crippen LogP contribution in [0.5, 0.6) is 0 Å². The van der Waals surface area contributed by atoms with Crippen molar-refractivity contribution >= 4 is 28.2 Å². The number of nitrogens with one attached hydrogen (secondary N) is 1. The average Bonchev–Trinajstić information content (AvgIpc) is 2.78. The van der Waals surface area contributed by atoms with Crippen LogP contribution in [0.25, 0.3) is 0 Å². The molecule has 0 amide bonds. The van der Waals surface area contributed by atoms with Crippen LogP contribution < -0.4 is 5.32 Å². The van der Waals surface area contributed by atoms with Gasteiger partial charge in [0.25, 0.3) is 0 Å². The Labute approximate surface area is 99.1 Å². The molecule has 1 aromatic heterocycles. The predicted molar refractivity (Wildman–Crippen MR) is 67.8 cm³/mol. The van der Waals surface area contributed by atoms with Gasteiger partial charge >= 0.3 is 0 Å². The maximum Gasteiger partial charge on any atom is 0.205 e. The van der Waals surface area contributed by atoms with E-state index in [1.165, 1.54) is 25.0 Å². The van der Waals surface area contributed by atoms with Gasteiger partial charge < -0.3 is 5.32 Å². The molecular weight excluding hydrogens is 226 g/mol. The van der Waals surface area contributed by atoms with E-state index >= 15 is 0 Å². The van der Waals surface area contributed by atoms with E-state index in [1.807, 2.05) is 6.92 Å². The molecular formula is C10H17N3S2. The monoisotopic (exact) mass is 243 g/mol. The number of anilines is 1. The molecule has 1 heterocycles. The van der Waals surface area contributed by atoms with Crippen molar-refractivity contribution in [2.75, 3.05) is 11.1 Å². The molecule has 0 aliphatic heterocycles. The summed E-state index contributed by atoms with van der Waals surface area (Å²) in [6.07, 6.45) is 3.96. The summed E-state index contributed by atoms with van der Waals surface area (Å²) >= 11 is 3.72. The van der Waals surface area contributed by atoms with Crippen LogP contribution in [0.4, 0.5) is 5.13 Å². The van der Waals surface area contributed by atoms with Gasteiger partial charge in [0.1, 0.15) is 5.01 Å². The second-order valence-corrected chi connectivity index (χ2v) is 6.50. The Morgan fingerprint density at radius 2 is 2.33 bits per heavy atom. The lowest BCUT2D eigenvalue weighted by atomic mass is 10.2. The molecule has 0 aromatic carbocycles. The normalized spacial score (nSPS) is 25.7. The minimum atomic E-state index is 0.599. The smallest absolute Gasteiger partial charge is 0.205 e. The van der Waals surface area contributed by atoms with Gasteiger partial charge in [0.15, 0.2) is 0 Å². The van der Waals surface area contributed by atoms with Gasteiger partial charge in [-0.15, -0.1) is 10.2 Å². The number of hydrogen-bond donors (Lipinski definition) is 1. The van der Waals surface area contributed by atoms with Crippen LogP contribution in [0.2, 0.25) is 0 Å². The molecule has 15 heavy (non-hydrogen) atoms. The van der Waals surface area contributed by atoms with Crippen molar-refractivity contribution in [2.24, 2.45) is 0 Å². The third-order valence-corrected chi connectivity index (χ3v) is 4.76. The maximum atomic E-state index is 4.12. The van der Waals surface area contributed by atoms with Gasteiger partial charge in [-0.1, -0.05) is 24.7 Å². The Hall–Kier alpha value is -0.290. The molecule has 84 valence electrons. The predicted octanol–water partition coefficient (Wildman–Crippen LogP) is 2.93. The van der Waals surface area contributed by atoms with Crippen LogP contribution in [-0.2, 0) is 0 Å². The van der Waals surface area contributed by atoms with Crippen LogP contribution in [0.1, 0.15) is 31.2 Å². The van der Waals surface area contributed by atoms with Crippen LogP contribution in [-0.4, -0.2) is 27.2 Å². The fraction of sp³-hybridized carbons (Fsp3) is 0.800. The lowest BCUT2D eigenvalue weighted by molar-refractivity contribution is 0.763. The summed E-state index contributed by atoms with van der Waals surface area (Å²) in [5, 5.41) is 14.5. The molecule has 1 saturated carbocycles. The molecule has 2 rings (SSSR count). The Kier molecular flexibility index (Phi) is 3.86. The van der Waals surface area contributed by atoms with Crippen molar-refractivity contribution < 1.29 is 0 Å². The first-order valence-corrected chi connectivity index (χ1v) is 7.34. The molecule has 0 radical (unpaired) electrons. The Balaban J connectivity index is 1.93. The third kappa shape index (κ3) is 2.84. The summed E-state index contributed by atoms with van der Waals surface area (Å²) in [5.41, 5.74) is 0. The van der Waals surface area contributed by atoms with E-state index in [0.717, 1.165) is 15.4 Å². The fourth-order valence-corrected chi connectivity index (χ4v) is 3.87. The highest BCUT2D eigenvalue weighted by Crippen LogP contribution is 2.32. The quantitative estimate of drug-likeness (QED) is 0.882. The summed E-state index contributed by atoms with van der Waals surface area (Å²) in [5.74, 6) is 1.21. The minimum absolute atomic E-state index is 0.599. The zero-order valence-electron chi connectivity index (χ0n) is 9.19. The molecule has 2 atom stereocenters. The summed E-state index contributed by atoms with van der Waals surface area (Å²) < 4.78 is 0. The van der Waals surface area contributed by atoms with Gasteiger partial charge in [-0.05, 0) is 25.5 Å². The van der Waals surface area contributed by atoms with Gasteiger partial charge in [-0.2, -0.15) is 11.8 Å². The van der Waals surface area contributed by atoms with Crippen LogP contribution in [0, 0.1) is 6.92 Å². The molecule has 5 heteroatoms. The van der Waals surface area contributed by atoms with E-state index < -0.39 is 0 Å². The molecule has 1 N–H and O–H groups in total. The largest absolute Gasteiger partial charge is 0.356 e. The minimum Gasteiger partial charge on any atom is -0.356 e. The molecule has 1 aromatic rings. The maximum absolute atomic E-state index is 4.12. The standard InChI is InChI=1S/C10H17N3S2/c1-3-14-9-6-4-5-8(9)11-10-13-12-7(2)15-10/h8-9H,3-6H2,1-2H3,(H,11,13)/t8-,9+/m1/s1. The second kappa shape index (κ2) is 5.16. The average molecular weight is 243 g/mol. The molecule has 3 nitrogen and oxygen atoms in total. The number of nitrogens with zero attached hydrogens (tertiary/aromatic N) is 2. The van der Waals surface area contributed by atoms with Crippen LogP contribution in [0.15, 0.2) is 0 Å². The van der Waals surface area contributed by atoms with Gasteiger partial charge in [0.2, 0.25) is 5.13 Å². The van der Waals surface area contributed by atoms with Crippen molar-refractivity contribution in [2.45, 2.75) is 44.4 Å². The first-order chi connectivity index (χ1) is 7.29. The zero-order chi connectivity index (χ0) is 10.7. The van der Waals surface area contributed by atoms with Gasteiger partial charge in [-0.25, -0.2) is 0 Å². The third-order valence-electron chi connectivity index (χ3n) is 2.67. The highest BCUT2D eigenvalue weighted by molar-refractivity contribution is 7.99. The summed E-state index contributed by atoms with van der Waals surface area (Å²) in [7, 11) is 0. The molecule has 0 saturated heterocycles. The number of hydrogen-bond acceptors (Lipinski definition) is 5. The van der Waals surface area contributed by atoms with E-state index in [9.17, 15) is 0 Å². The van der Waals surface area contributed by atoms with Crippen molar-refractivity contribution in [1.29, 1.82) is 0 Å². The highest BCUT2D eigenvalue weighted by atomic mass is 32.2.